The molecule has 0 aliphatic rings. The lowest BCUT2D eigenvalue weighted by atomic mass is 10.2. The van der Waals surface area contributed by atoms with E-state index in [2.05, 4.69) is 37.0 Å². The van der Waals surface area contributed by atoms with Gasteiger partial charge >= 0.3 is 0 Å². The fourth-order valence-corrected chi connectivity index (χ4v) is 5.80. The topological polar surface area (TPSA) is 72.9 Å². The maximum absolute atomic E-state index is 13.7. The molecule has 0 amide bonds. The quantitative estimate of drug-likeness (QED) is 0.156. The second kappa shape index (κ2) is 11.8. The van der Waals surface area contributed by atoms with Crippen LogP contribution in [0.1, 0.15) is 11.1 Å². The third kappa shape index (κ3) is 5.72. The molecule has 0 aliphatic heterocycles. The smallest absolute Gasteiger partial charge is 0.282 e. The second-order valence-electron chi connectivity index (χ2n) is 9.75. The predicted molar refractivity (Wildman–Crippen MR) is 176 cm³/mol. The van der Waals surface area contributed by atoms with Gasteiger partial charge in [-0.15, -0.1) is 0 Å². The van der Waals surface area contributed by atoms with Crippen molar-refractivity contribution in [3.8, 4) is 17.3 Å². The fourth-order valence-electron chi connectivity index (χ4n) is 4.46. The molecule has 2 heterocycles. The Balaban J connectivity index is 1.45. The zero-order chi connectivity index (χ0) is 29.4. The number of furan rings is 1. The number of halogens is 3. The van der Waals surface area contributed by atoms with Crippen molar-refractivity contribution < 1.29 is 9.15 Å². The van der Waals surface area contributed by atoms with Gasteiger partial charge in [0.2, 0.25) is 5.82 Å². The lowest BCUT2D eigenvalue weighted by Crippen LogP contribution is -2.20. The van der Waals surface area contributed by atoms with E-state index in [1.807, 2.05) is 61.5 Å². The molecule has 0 N–H and O–H groups in total. The minimum Gasteiger partial charge on any atom is -0.488 e. The first-order valence-corrected chi connectivity index (χ1v) is 14.9. The van der Waals surface area contributed by atoms with Gasteiger partial charge in [0.1, 0.15) is 17.9 Å². The number of nitrogens with zero attached hydrogens (tertiary/aromatic N) is 4. The van der Waals surface area contributed by atoms with E-state index in [-0.39, 0.29) is 11.4 Å². The van der Waals surface area contributed by atoms with Gasteiger partial charge in [0.05, 0.1) is 17.1 Å². The number of anilines is 1. The third-order valence-electron chi connectivity index (χ3n) is 6.68. The van der Waals surface area contributed by atoms with E-state index >= 15 is 0 Å². The fraction of sp³-hybridized carbons (Fsp3) is 0.0938. The van der Waals surface area contributed by atoms with Gasteiger partial charge in [-0.2, -0.15) is 9.78 Å². The number of para-hydroxylation sites is 1. The van der Waals surface area contributed by atoms with Crippen LogP contribution in [-0.4, -0.2) is 30.0 Å². The molecule has 0 atom stereocenters. The molecule has 0 saturated carbocycles. The van der Waals surface area contributed by atoms with E-state index in [1.165, 1.54) is 4.68 Å². The molecule has 0 unspecified atom stereocenters. The molecule has 6 aromatic rings. The van der Waals surface area contributed by atoms with Crippen molar-refractivity contribution in [1.82, 2.24) is 9.66 Å². The molecular weight excluding hydrogens is 684 g/mol. The summed E-state index contributed by atoms with van der Waals surface area (Å²) in [5, 5.41) is 6.45. The van der Waals surface area contributed by atoms with Crippen LogP contribution in [0.4, 0.5) is 5.69 Å². The average Bonchev–Trinajstić information content (AvgIpc) is 3.39. The Morgan fingerprint density at radius 3 is 2.67 bits per heavy atom. The Morgan fingerprint density at radius 2 is 1.86 bits per heavy atom. The van der Waals surface area contributed by atoms with Crippen molar-refractivity contribution in [2.24, 2.45) is 5.10 Å². The first-order chi connectivity index (χ1) is 20.3. The molecule has 10 heteroatoms. The monoisotopic (exact) mass is 704 g/mol. The molecule has 0 fully saturated rings. The summed E-state index contributed by atoms with van der Waals surface area (Å²) in [6.07, 6.45) is 1.60. The summed E-state index contributed by atoms with van der Waals surface area (Å²) in [4.78, 5) is 20.5. The number of rotatable bonds is 7. The highest BCUT2D eigenvalue weighted by molar-refractivity contribution is 9.11. The van der Waals surface area contributed by atoms with Crippen molar-refractivity contribution >= 4 is 77.2 Å². The highest BCUT2D eigenvalue weighted by atomic mass is 79.9. The Morgan fingerprint density at radius 1 is 1.02 bits per heavy atom. The Labute approximate surface area is 263 Å². The SMILES string of the molecule is CN(C)c1ccc(C=Nn2c(-c3cc4cc(Cl)ccc4o3)nc3ccccc3c2=O)c(OCc2ccc(Br)cc2Br)c1. The lowest BCUT2D eigenvalue weighted by Gasteiger charge is -2.16. The van der Waals surface area contributed by atoms with E-state index in [0.717, 1.165) is 25.6 Å². The molecule has 0 radical (unpaired) electrons. The van der Waals surface area contributed by atoms with Gasteiger partial charge in [0.25, 0.3) is 5.56 Å². The van der Waals surface area contributed by atoms with E-state index in [4.69, 9.17) is 25.7 Å². The van der Waals surface area contributed by atoms with Crippen molar-refractivity contribution in [1.29, 1.82) is 0 Å². The largest absolute Gasteiger partial charge is 0.488 e. The molecule has 42 heavy (non-hydrogen) atoms. The second-order valence-corrected chi connectivity index (χ2v) is 12.0. The van der Waals surface area contributed by atoms with Gasteiger partial charge in [0.15, 0.2) is 5.76 Å². The standard InChI is InChI=1S/C32H23Br2ClN4O3/c1-38(2)24-11-8-19(29(16-24)41-18-20-7-9-22(33)15-26(20)34)17-36-39-31(37-27-6-4-3-5-25(27)32(39)40)30-14-21-13-23(35)10-12-28(21)42-30/h3-17H,18H2,1-2H3. The zero-order valence-electron chi connectivity index (χ0n) is 22.5. The van der Waals surface area contributed by atoms with Crippen LogP contribution in [0.5, 0.6) is 5.75 Å². The average molecular weight is 707 g/mol. The van der Waals surface area contributed by atoms with Crippen LogP contribution in [0.25, 0.3) is 33.5 Å². The molecular formula is C32H23Br2ClN4O3. The van der Waals surface area contributed by atoms with Gasteiger partial charge < -0.3 is 14.1 Å². The van der Waals surface area contributed by atoms with E-state index in [1.54, 1.807) is 48.7 Å². The van der Waals surface area contributed by atoms with Crippen molar-refractivity contribution in [2.75, 3.05) is 19.0 Å². The first kappa shape index (κ1) is 28.2. The molecule has 0 spiro atoms. The maximum Gasteiger partial charge on any atom is 0.282 e. The Hall–Kier alpha value is -3.92. The van der Waals surface area contributed by atoms with E-state index in [9.17, 15) is 4.79 Å². The van der Waals surface area contributed by atoms with Crippen LogP contribution >= 0.6 is 43.5 Å². The van der Waals surface area contributed by atoms with E-state index in [0.29, 0.717) is 45.2 Å². The maximum atomic E-state index is 13.7. The molecule has 6 rings (SSSR count). The first-order valence-electron chi connectivity index (χ1n) is 12.9. The van der Waals surface area contributed by atoms with Gasteiger partial charge in [-0.25, -0.2) is 4.98 Å². The van der Waals surface area contributed by atoms with Crippen molar-refractivity contribution in [2.45, 2.75) is 6.61 Å². The summed E-state index contributed by atoms with van der Waals surface area (Å²) in [6.45, 7) is 0.329. The number of aromatic nitrogens is 2. The summed E-state index contributed by atoms with van der Waals surface area (Å²) in [5.74, 6) is 1.28. The summed E-state index contributed by atoms with van der Waals surface area (Å²) in [7, 11) is 3.93. The highest BCUT2D eigenvalue weighted by Gasteiger charge is 2.17. The van der Waals surface area contributed by atoms with Crippen molar-refractivity contribution in [3.05, 3.63) is 120 Å². The number of fused-ring (bicyclic) bond motifs is 2. The van der Waals surface area contributed by atoms with Crippen LogP contribution in [0, 0.1) is 0 Å². The van der Waals surface area contributed by atoms with Gasteiger partial charge in [-0.3, -0.25) is 4.79 Å². The molecule has 2 aromatic heterocycles. The number of hydrogen-bond donors (Lipinski definition) is 0. The normalized spacial score (nSPS) is 11.5. The molecule has 0 bridgehead atoms. The van der Waals surface area contributed by atoms with Crippen LogP contribution in [0.15, 0.2) is 108 Å². The van der Waals surface area contributed by atoms with Crippen LogP contribution in [0.2, 0.25) is 5.02 Å². The minimum atomic E-state index is -0.323. The zero-order valence-corrected chi connectivity index (χ0v) is 26.4. The molecule has 4 aromatic carbocycles. The van der Waals surface area contributed by atoms with Gasteiger partial charge in [0, 0.05) is 56.3 Å². The third-order valence-corrected chi connectivity index (χ3v) is 8.14. The Bertz CT molecular complexity index is 2050. The highest BCUT2D eigenvalue weighted by Crippen LogP contribution is 2.30. The summed E-state index contributed by atoms with van der Waals surface area (Å²) >= 11 is 13.3. The number of hydrogen-bond acceptors (Lipinski definition) is 6. The molecule has 0 aliphatic carbocycles. The van der Waals surface area contributed by atoms with E-state index < -0.39 is 0 Å². The number of ether oxygens (including phenoxy) is 1. The van der Waals surface area contributed by atoms with Crippen LogP contribution in [-0.2, 0) is 6.61 Å². The molecule has 7 nitrogen and oxygen atoms in total. The van der Waals surface area contributed by atoms with Crippen LogP contribution in [0.3, 0.4) is 0 Å². The summed E-state index contributed by atoms with van der Waals surface area (Å²) in [5.41, 5.74) is 3.48. The van der Waals surface area contributed by atoms with Gasteiger partial charge in [-0.05, 0) is 60.7 Å². The minimum absolute atomic E-state index is 0.272. The van der Waals surface area contributed by atoms with Crippen molar-refractivity contribution in [3.63, 3.8) is 0 Å². The van der Waals surface area contributed by atoms with Crippen LogP contribution < -0.4 is 15.2 Å². The lowest BCUT2D eigenvalue weighted by molar-refractivity contribution is 0.305. The summed E-state index contributed by atoms with van der Waals surface area (Å²) < 4.78 is 15.5. The molecule has 210 valence electrons. The Kier molecular flexibility index (Phi) is 7.90. The predicted octanol–water partition coefficient (Wildman–Crippen LogP) is 8.52. The van der Waals surface area contributed by atoms with Gasteiger partial charge in [-0.1, -0.05) is 61.7 Å². The summed E-state index contributed by atoms with van der Waals surface area (Å²) in [6, 6.07) is 26.1. The molecule has 0 saturated heterocycles. The number of benzene rings is 4.